The lowest BCUT2D eigenvalue weighted by Crippen LogP contribution is -2.08. The highest BCUT2D eigenvalue weighted by Crippen LogP contribution is 2.19. The van der Waals surface area contributed by atoms with Gasteiger partial charge in [-0.3, -0.25) is 4.79 Å². The zero-order valence-electron chi connectivity index (χ0n) is 8.61. The van der Waals surface area contributed by atoms with Crippen molar-refractivity contribution in [1.82, 2.24) is 0 Å². The molecular formula is C12H11ClO2S. The summed E-state index contributed by atoms with van der Waals surface area (Å²) >= 11 is 7.06. The van der Waals surface area contributed by atoms with Crippen LogP contribution in [0.3, 0.4) is 0 Å². The fourth-order valence-electron chi connectivity index (χ4n) is 1.40. The second kappa shape index (κ2) is 5.32. The van der Waals surface area contributed by atoms with E-state index in [4.69, 9.17) is 16.3 Å². The maximum absolute atomic E-state index is 12.0. The molecule has 2 rings (SSSR count). The lowest BCUT2D eigenvalue weighted by molar-refractivity contribution is 0.317. The summed E-state index contributed by atoms with van der Waals surface area (Å²) in [4.78, 5) is 12.0. The first-order valence-corrected chi connectivity index (χ1v) is 6.43. The molecule has 0 aliphatic heterocycles. The molecule has 0 radical (unpaired) electrons. The van der Waals surface area contributed by atoms with Crippen LogP contribution < -0.4 is 10.2 Å². The topological polar surface area (TPSA) is 26.3 Å². The van der Waals surface area contributed by atoms with Crippen LogP contribution in [0.15, 0.2) is 34.4 Å². The molecule has 2 nitrogen and oxygen atoms in total. The smallest absolute Gasteiger partial charge is 0.229 e. The van der Waals surface area contributed by atoms with Gasteiger partial charge in [0.15, 0.2) is 5.75 Å². The Hall–Kier alpha value is -1.06. The molecule has 0 aliphatic carbocycles. The maximum Gasteiger partial charge on any atom is 0.229 e. The molecule has 1 aromatic carbocycles. The number of fused-ring (bicyclic) bond motifs is 1. The molecule has 0 amide bonds. The van der Waals surface area contributed by atoms with Crippen molar-refractivity contribution in [3.05, 3.63) is 39.9 Å². The van der Waals surface area contributed by atoms with Crippen molar-refractivity contribution >= 4 is 33.0 Å². The van der Waals surface area contributed by atoms with Crippen LogP contribution in [0.5, 0.6) is 5.75 Å². The van der Waals surface area contributed by atoms with Crippen molar-refractivity contribution in [2.24, 2.45) is 0 Å². The maximum atomic E-state index is 12.0. The van der Waals surface area contributed by atoms with Gasteiger partial charge < -0.3 is 4.74 Å². The molecule has 0 unspecified atom stereocenters. The zero-order valence-corrected chi connectivity index (χ0v) is 10.2. The summed E-state index contributed by atoms with van der Waals surface area (Å²) < 4.78 is 6.38. The molecule has 4 heteroatoms. The predicted octanol–water partition coefficient (Wildman–Crippen LogP) is 3.27. The first kappa shape index (κ1) is 11.4. The van der Waals surface area contributed by atoms with Gasteiger partial charge >= 0.3 is 0 Å². The van der Waals surface area contributed by atoms with Gasteiger partial charge in [0.25, 0.3) is 0 Å². The van der Waals surface area contributed by atoms with Crippen LogP contribution in [0.2, 0.25) is 0 Å². The number of halogens is 1. The van der Waals surface area contributed by atoms with E-state index >= 15 is 0 Å². The predicted molar refractivity (Wildman–Crippen MR) is 68.9 cm³/mol. The van der Waals surface area contributed by atoms with Gasteiger partial charge in [-0.15, -0.1) is 22.9 Å². The first-order valence-electron chi connectivity index (χ1n) is 5.02. The van der Waals surface area contributed by atoms with Gasteiger partial charge in [-0.05, 0) is 18.6 Å². The summed E-state index contributed by atoms with van der Waals surface area (Å²) in [5.41, 5.74) is -0.0380. The molecule has 2 aromatic rings. The largest absolute Gasteiger partial charge is 0.489 e. The van der Waals surface area contributed by atoms with Crippen LogP contribution in [-0.2, 0) is 0 Å². The summed E-state index contributed by atoms with van der Waals surface area (Å²) in [5.74, 6) is 0.972. The van der Waals surface area contributed by atoms with Gasteiger partial charge in [0.1, 0.15) is 0 Å². The fourth-order valence-corrected chi connectivity index (χ4v) is 2.36. The average Bonchev–Trinajstić information content (AvgIpc) is 2.33. The van der Waals surface area contributed by atoms with E-state index in [1.807, 2.05) is 24.3 Å². The van der Waals surface area contributed by atoms with Crippen molar-refractivity contribution in [3.63, 3.8) is 0 Å². The number of hydrogen-bond donors (Lipinski definition) is 0. The Bertz CT molecular complexity index is 536. The molecule has 0 spiro atoms. The van der Waals surface area contributed by atoms with E-state index in [0.717, 1.165) is 16.5 Å². The molecule has 0 bridgehead atoms. The van der Waals surface area contributed by atoms with E-state index in [1.54, 1.807) is 5.38 Å². The molecule has 0 saturated carbocycles. The van der Waals surface area contributed by atoms with E-state index in [2.05, 4.69) is 0 Å². The van der Waals surface area contributed by atoms with Crippen molar-refractivity contribution in [1.29, 1.82) is 0 Å². The van der Waals surface area contributed by atoms with Crippen molar-refractivity contribution in [3.8, 4) is 5.75 Å². The lowest BCUT2D eigenvalue weighted by Gasteiger charge is -2.04. The van der Waals surface area contributed by atoms with E-state index in [1.165, 1.54) is 11.3 Å². The molecule has 0 atom stereocenters. The minimum absolute atomic E-state index is 0.0380. The van der Waals surface area contributed by atoms with Crippen LogP contribution in [0.25, 0.3) is 10.1 Å². The second-order valence-electron chi connectivity index (χ2n) is 3.32. The fraction of sp³-hybridized carbons (Fsp3) is 0.250. The molecule has 0 aliphatic rings. The van der Waals surface area contributed by atoms with E-state index < -0.39 is 0 Å². The summed E-state index contributed by atoms with van der Waals surface area (Å²) in [7, 11) is 0. The lowest BCUT2D eigenvalue weighted by atomic mass is 10.2. The van der Waals surface area contributed by atoms with E-state index in [-0.39, 0.29) is 5.43 Å². The molecule has 0 N–H and O–H groups in total. The average molecular weight is 255 g/mol. The van der Waals surface area contributed by atoms with Crippen LogP contribution in [0, 0.1) is 0 Å². The summed E-state index contributed by atoms with van der Waals surface area (Å²) in [6.07, 6.45) is 0.749. The van der Waals surface area contributed by atoms with Crippen molar-refractivity contribution in [2.75, 3.05) is 12.5 Å². The Kier molecular flexibility index (Phi) is 3.80. The minimum atomic E-state index is -0.0380. The summed E-state index contributed by atoms with van der Waals surface area (Å²) in [5, 5.41) is 2.48. The quantitative estimate of drug-likeness (QED) is 0.618. The Morgan fingerprint density at radius 1 is 1.31 bits per heavy atom. The number of hydrogen-bond acceptors (Lipinski definition) is 3. The van der Waals surface area contributed by atoms with Gasteiger partial charge in [-0.25, -0.2) is 0 Å². The van der Waals surface area contributed by atoms with Crippen molar-refractivity contribution < 1.29 is 4.74 Å². The van der Waals surface area contributed by atoms with Crippen LogP contribution in [0.1, 0.15) is 6.42 Å². The number of ether oxygens (including phenoxy) is 1. The normalized spacial score (nSPS) is 10.6. The minimum Gasteiger partial charge on any atom is -0.489 e. The third-order valence-corrected chi connectivity index (χ3v) is 3.39. The molecule has 84 valence electrons. The van der Waals surface area contributed by atoms with Gasteiger partial charge in [0, 0.05) is 21.3 Å². The zero-order chi connectivity index (χ0) is 11.4. The van der Waals surface area contributed by atoms with Crippen LogP contribution in [-0.4, -0.2) is 12.5 Å². The highest BCUT2D eigenvalue weighted by Gasteiger charge is 2.05. The molecule has 1 heterocycles. The molecule has 0 saturated heterocycles. The Balaban J connectivity index is 2.33. The molecule has 16 heavy (non-hydrogen) atoms. The number of rotatable bonds is 4. The van der Waals surface area contributed by atoms with E-state index in [0.29, 0.717) is 18.2 Å². The first-order chi connectivity index (χ1) is 7.83. The Morgan fingerprint density at radius 3 is 2.94 bits per heavy atom. The van der Waals surface area contributed by atoms with Gasteiger partial charge in [0.2, 0.25) is 5.43 Å². The Labute approximate surface area is 102 Å². The molecular weight excluding hydrogens is 244 g/mol. The number of benzene rings is 1. The van der Waals surface area contributed by atoms with Crippen LogP contribution in [0.4, 0.5) is 0 Å². The Morgan fingerprint density at radius 2 is 2.12 bits per heavy atom. The van der Waals surface area contributed by atoms with Gasteiger partial charge in [-0.2, -0.15) is 0 Å². The van der Waals surface area contributed by atoms with Crippen LogP contribution >= 0.6 is 22.9 Å². The molecule has 1 aromatic heterocycles. The van der Waals surface area contributed by atoms with Gasteiger partial charge in [0.05, 0.1) is 6.61 Å². The highest BCUT2D eigenvalue weighted by molar-refractivity contribution is 7.16. The number of alkyl halides is 1. The third-order valence-electron chi connectivity index (χ3n) is 2.18. The monoisotopic (exact) mass is 254 g/mol. The SMILES string of the molecule is O=c1c(OCCCCl)csc2ccccc12. The highest BCUT2D eigenvalue weighted by atomic mass is 35.5. The summed E-state index contributed by atoms with van der Waals surface area (Å²) in [6, 6.07) is 7.54. The third kappa shape index (κ3) is 2.36. The van der Waals surface area contributed by atoms with E-state index in [9.17, 15) is 4.79 Å². The second-order valence-corrected chi connectivity index (χ2v) is 4.61. The summed E-state index contributed by atoms with van der Waals surface area (Å²) in [6.45, 7) is 0.490. The van der Waals surface area contributed by atoms with Crippen molar-refractivity contribution in [2.45, 2.75) is 6.42 Å². The van der Waals surface area contributed by atoms with Gasteiger partial charge in [-0.1, -0.05) is 12.1 Å². The molecule has 0 fully saturated rings. The standard InChI is InChI=1S/C12H11ClO2S/c13-6-3-7-15-10-8-16-11-5-2-1-4-9(11)12(10)14/h1-2,4-5,8H,3,6-7H2.